The molecule has 0 aromatic heterocycles. The lowest BCUT2D eigenvalue weighted by molar-refractivity contribution is -0.173. The van der Waals surface area contributed by atoms with Crippen molar-refractivity contribution in [3.63, 3.8) is 0 Å². The summed E-state index contributed by atoms with van der Waals surface area (Å²) in [6, 6.07) is 18.4. The Hall–Kier alpha value is -4.00. The van der Waals surface area contributed by atoms with Gasteiger partial charge < -0.3 is 14.9 Å². The summed E-state index contributed by atoms with van der Waals surface area (Å²) >= 11 is 0. The molecule has 37 heavy (non-hydrogen) atoms. The first-order valence-corrected chi connectivity index (χ1v) is 12.5. The molecule has 7 nitrogen and oxygen atoms in total. The van der Waals surface area contributed by atoms with E-state index in [0.29, 0.717) is 12.8 Å². The van der Waals surface area contributed by atoms with Crippen LogP contribution in [0.4, 0.5) is 0 Å². The van der Waals surface area contributed by atoms with Gasteiger partial charge in [0.25, 0.3) is 0 Å². The predicted molar refractivity (Wildman–Crippen MR) is 131 cm³/mol. The average Bonchev–Trinajstić information content (AvgIpc) is 3.67. The first-order valence-electron chi connectivity index (χ1n) is 12.5. The first kappa shape index (κ1) is 23.4. The minimum atomic E-state index is -1.12. The van der Waals surface area contributed by atoms with Crippen molar-refractivity contribution in [3.8, 4) is 0 Å². The van der Waals surface area contributed by atoms with Crippen LogP contribution in [-0.4, -0.2) is 34.1 Å². The molecule has 188 valence electrons. The van der Waals surface area contributed by atoms with Crippen molar-refractivity contribution in [1.82, 2.24) is 0 Å². The molecular weight excluding hydrogens is 472 g/mol. The lowest BCUT2D eigenvalue weighted by atomic mass is 9.68. The van der Waals surface area contributed by atoms with Crippen LogP contribution in [0.5, 0.6) is 0 Å². The summed E-state index contributed by atoms with van der Waals surface area (Å²) < 4.78 is 5.51. The van der Waals surface area contributed by atoms with Crippen molar-refractivity contribution in [3.05, 3.63) is 96.1 Å². The highest BCUT2D eigenvalue weighted by Crippen LogP contribution is 2.60. The van der Waals surface area contributed by atoms with Gasteiger partial charge in [0.15, 0.2) is 0 Å². The highest BCUT2D eigenvalue weighted by Gasteiger charge is 2.65. The standard InChI is InChI=1S/C30H26O7/c31-25(32)21-17-11-13-29(15-17,19-7-3-1-4-8-19)23(21)27(35)37-28(36)24-22(26(33)34)18-12-14-30(24,16-18)20-9-5-2-6-10-20/h1-14,17-18,21-24H,15-16H2,(H,31,32)(H,33,34). The van der Waals surface area contributed by atoms with Crippen molar-refractivity contribution in [2.75, 3.05) is 0 Å². The third-order valence-corrected chi connectivity index (χ3v) is 9.08. The molecule has 0 amide bonds. The van der Waals surface area contributed by atoms with Crippen molar-refractivity contribution >= 4 is 23.9 Å². The van der Waals surface area contributed by atoms with Crippen LogP contribution in [0.3, 0.4) is 0 Å². The zero-order chi connectivity index (χ0) is 25.9. The van der Waals surface area contributed by atoms with E-state index >= 15 is 0 Å². The van der Waals surface area contributed by atoms with Crippen molar-refractivity contribution in [1.29, 1.82) is 0 Å². The molecule has 0 radical (unpaired) electrons. The van der Waals surface area contributed by atoms with Crippen molar-refractivity contribution in [2.24, 2.45) is 35.5 Å². The van der Waals surface area contributed by atoms with Crippen molar-refractivity contribution in [2.45, 2.75) is 23.7 Å². The number of benzene rings is 2. The molecule has 2 aromatic rings. The fourth-order valence-electron chi connectivity index (χ4n) is 7.61. The van der Waals surface area contributed by atoms with Crippen LogP contribution >= 0.6 is 0 Å². The summed E-state index contributed by atoms with van der Waals surface area (Å²) in [5.74, 6) is -9.06. The van der Waals surface area contributed by atoms with Crippen molar-refractivity contribution < 1.29 is 34.1 Å². The van der Waals surface area contributed by atoms with E-state index in [1.54, 1.807) is 0 Å². The Labute approximate surface area is 213 Å². The van der Waals surface area contributed by atoms with Crippen LogP contribution in [0.25, 0.3) is 0 Å². The largest absolute Gasteiger partial charge is 0.481 e. The van der Waals surface area contributed by atoms with E-state index < -0.39 is 58.4 Å². The fourth-order valence-corrected chi connectivity index (χ4v) is 7.61. The van der Waals surface area contributed by atoms with E-state index in [0.717, 1.165) is 11.1 Å². The minimum absolute atomic E-state index is 0.363. The van der Waals surface area contributed by atoms with E-state index in [2.05, 4.69) is 0 Å². The molecule has 2 saturated carbocycles. The fraction of sp³-hybridized carbons (Fsp3) is 0.333. The van der Waals surface area contributed by atoms with Gasteiger partial charge in [0, 0.05) is 10.8 Å². The van der Waals surface area contributed by atoms with E-state index in [9.17, 15) is 29.4 Å². The maximum atomic E-state index is 13.7. The zero-order valence-corrected chi connectivity index (χ0v) is 19.9. The van der Waals surface area contributed by atoms with Gasteiger partial charge in [-0.1, -0.05) is 85.0 Å². The maximum Gasteiger partial charge on any atom is 0.318 e. The Bertz CT molecular complexity index is 1240. The number of rotatable bonds is 6. The summed E-state index contributed by atoms with van der Waals surface area (Å²) in [7, 11) is 0. The number of aliphatic carboxylic acids is 2. The highest BCUT2D eigenvalue weighted by molar-refractivity contribution is 5.95. The van der Waals surface area contributed by atoms with Crippen LogP contribution in [0, 0.1) is 35.5 Å². The molecule has 2 fully saturated rings. The molecule has 0 saturated heterocycles. The number of carboxylic acid groups (broad SMARTS) is 2. The topological polar surface area (TPSA) is 118 Å². The number of hydrogen-bond donors (Lipinski definition) is 2. The summed E-state index contributed by atoms with van der Waals surface area (Å²) in [5, 5.41) is 20.1. The van der Waals surface area contributed by atoms with Gasteiger partial charge in [-0.05, 0) is 35.8 Å². The Balaban J connectivity index is 1.36. The molecule has 6 rings (SSSR count). The minimum Gasteiger partial charge on any atom is -0.481 e. The summed E-state index contributed by atoms with van der Waals surface area (Å²) in [5.41, 5.74) is -0.216. The smallest absolute Gasteiger partial charge is 0.318 e. The number of esters is 2. The second-order valence-electron chi connectivity index (χ2n) is 10.7. The molecule has 8 unspecified atom stereocenters. The van der Waals surface area contributed by atoms with Gasteiger partial charge in [0.2, 0.25) is 0 Å². The second-order valence-corrected chi connectivity index (χ2v) is 10.7. The Morgan fingerprint density at radius 2 is 1.03 bits per heavy atom. The first-order chi connectivity index (χ1) is 17.8. The number of fused-ring (bicyclic) bond motifs is 4. The molecule has 2 aromatic carbocycles. The zero-order valence-electron chi connectivity index (χ0n) is 19.9. The Kier molecular flexibility index (Phi) is 5.23. The van der Waals surface area contributed by atoms with Gasteiger partial charge in [-0.15, -0.1) is 0 Å². The van der Waals surface area contributed by atoms with E-state index in [1.165, 1.54) is 0 Å². The number of allylic oxidation sites excluding steroid dienone is 4. The van der Waals surface area contributed by atoms with E-state index in [4.69, 9.17) is 4.74 Å². The predicted octanol–water partition coefficient (Wildman–Crippen LogP) is 3.75. The molecule has 4 aliphatic carbocycles. The lowest BCUT2D eigenvalue weighted by Gasteiger charge is -2.36. The quantitative estimate of drug-likeness (QED) is 0.354. The van der Waals surface area contributed by atoms with Crippen LogP contribution in [0.1, 0.15) is 24.0 Å². The van der Waals surface area contributed by atoms with Gasteiger partial charge in [0.05, 0.1) is 23.7 Å². The molecule has 8 atom stereocenters. The Morgan fingerprint density at radius 1 is 0.649 bits per heavy atom. The van der Waals surface area contributed by atoms with Gasteiger partial charge in [0.1, 0.15) is 0 Å². The number of ether oxygens (including phenoxy) is 1. The average molecular weight is 499 g/mol. The number of hydrogen-bond acceptors (Lipinski definition) is 5. The number of carboxylic acids is 2. The summed E-state index contributed by atoms with van der Waals surface area (Å²) in [6.45, 7) is 0. The third-order valence-electron chi connectivity index (χ3n) is 9.08. The number of carbonyl (C=O) groups is 4. The third kappa shape index (κ3) is 3.26. The van der Waals surface area contributed by atoms with Crippen LogP contribution in [0.15, 0.2) is 85.0 Å². The lowest BCUT2D eigenvalue weighted by Crippen LogP contribution is -2.46. The monoisotopic (exact) mass is 498 g/mol. The molecule has 4 aliphatic rings. The van der Waals surface area contributed by atoms with Crippen LogP contribution < -0.4 is 0 Å². The molecular formula is C30H26O7. The molecule has 4 bridgehead atoms. The van der Waals surface area contributed by atoms with Crippen LogP contribution in [-0.2, 0) is 34.7 Å². The second kappa shape index (κ2) is 8.26. The van der Waals surface area contributed by atoms with Gasteiger partial charge in [-0.2, -0.15) is 0 Å². The van der Waals surface area contributed by atoms with Gasteiger partial charge in [-0.25, -0.2) is 0 Å². The summed E-state index contributed by atoms with van der Waals surface area (Å²) in [6.07, 6.45) is 8.28. The molecule has 7 heteroatoms. The molecule has 0 spiro atoms. The Morgan fingerprint density at radius 3 is 1.38 bits per heavy atom. The maximum absolute atomic E-state index is 13.7. The molecule has 0 aliphatic heterocycles. The van der Waals surface area contributed by atoms with E-state index in [1.807, 2.05) is 85.0 Å². The highest BCUT2D eigenvalue weighted by atomic mass is 16.6. The molecule has 0 heterocycles. The van der Waals surface area contributed by atoms with Crippen LogP contribution in [0.2, 0.25) is 0 Å². The molecule has 2 N–H and O–H groups in total. The van der Waals surface area contributed by atoms with Gasteiger partial charge in [-0.3, -0.25) is 19.2 Å². The van der Waals surface area contributed by atoms with E-state index in [-0.39, 0.29) is 11.8 Å². The number of carbonyl (C=O) groups excluding carboxylic acids is 2. The van der Waals surface area contributed by atoms with Gasteiger partial charge >= 0.3 is 23.9 Å². The summed E-state index contributed by atoms with van der Waals surface area (Å²) in [4.78, 5) is 52.0. The SMILES string of the molecule is O=C(O)C1C2C=CC(c3ccccc3)(C2)C1C(=O)OC(=O)C1C(C(=O)O)C2C=CC1(c1ccccc1)C2. The normalized spacial score (nSPS) is 36.5.